The summed E-state index contributed by atoms with van der Waals surface area (Å²) in [6.45, 7) is 12.1. The van der Waals surface area contributed by atoms with Crippen molar-refractivity contribution in [3.8, 4) is 16.9 Å². The predicted molar refractivity (Wildman–Crippen MR) is 167 cm³/mol. The van der Waals surface area contributed by atoms with E-state index in [1.54, 1.807) is 6.20 Å². The Kier molecular flexibility index (Phi) is 6.60. The number of allylic oxidation sites excluding steroid dienone is 2. The van der Waals surface area contributed by atoms with Crippen molar-refractivity contribution in [2.24, 2.45) is 11.3 Å². The molecule has 4 heterocycles. The number of amides is 1. The van der Waals surface area contributed by atoms with Gasteiger partial charge in [0.25, 0.3) is 0 Å². The lowest BCUT2D eigenvalue weighted by atomic mass is 9.71. The molecule has 2 aromatic carbocycles. The molecule has 7 heteroatoms. The SMILES string of the molecule is C=CC(=O)N1CC2(CCN(c3cc(OCc4ccccn4)cc(-c4c(C)ccc5[nH]ncc45)c3C3C=CC3C)CC2)C1. The average molecular weight is 560 g/mol. The van der Waals surface area contributed by atoms with Crippen molar-refractivity contribution in [2.75, 3.05) is 31.1 Å². The average Bonchev–Trinajstić information content (AvgIpc) is 3.47. The van der Waals surface area contributed by atoms with Crippen LogP contribution in [0.25, 0.3) is 22.0 Å². The number of rotatable bonds is 7. The van der Waals surface area contributed by atoms with Gasteiger partial charge in [-0.2, -0.15) is 5.10 Å². The van der Waals surface area contributed by atoms with Crippen LogP contribution in [0.5, 0.6) is 5.75 Å². The van der Waals surface area contributed by atoms with E-state index in [0.29, 0.717) is 18.4 Å². The molecule has 2 unspecified atom stereocenters. The molecule has 2 aliphatic heterocycles. The van der Waals surface area contributed by atoms with Gasteiger partial charge in [-0.25, -0.2) is 0 Å². The van der Waals surface area contributed by atoms with E-state index in [0.717, 1.165) is 61.4 Å². The van der Waals surface area contributed by atoms with Crippen LogP contribution in [0.4, 0.5) is 5.69 Å². The predicted octanol–water partition coefficient (Wildman–Crippen LogP) is 6.42. The fourth-order valence-corrected chi connectivity index (χ4v) is 7.03. The first-order valence-corrected chi connectivity index (χ1v) is 14.9. The monoisotopic (exact) mass is 559 g/mol. The molecule has 1 N–H and O–H groups in total. The minimum Gasteiger partial charge on any atom is -0.487 e. The molecule has 1 aliphatic carbocycles. The molecule has 3 aliphatic rings. The van der Waals surface area contributed by atoms with Crippen molar-refractivity contribution in [3.63, 3.8) is 0 Å². The van der Waals surface area contributed by atoms with E-state index >= 15 is 0 Å². The number of hydrogen-bond acceptors (Lipinski definition) is 5. The van der Waals surface area contributed by atoms with E-state index in [1.807, 2.05) is 29.3 Å². The number of pyridine rings is 1. The smallest absolute Gasteiger partial charge is 0.245 e. The summed E-state index contributed by atoms with van der Waals surface area (Å²) in [6.07, 6.45) is 12.0. The molecule has 2 aromatic heterocycles. The first kappa shape index (κ1) is 26.5. The third-order valence-corrected chi connectivity index (χ3v) is 9.57. The van der Waals surface area contributed by atoms with E-state index in [4.69, 9.17) is 4.74 Å². The van der Waals surface area contributed by atoms with Crippen LogP contribution < -0.4 is 9.64 Å². The molecule has 0 bridgehead atoms. The van der Waals surface area contributed by atoms with E-state index in [2.05, 4.69) is 76.9 Å². The first-order chi connectivity index (χ1) is 20.4. The second-order valence-electron chi connectivity index (χ2n) is 12.3. The zero-order chi connectivity index (χ0) is 28.8. The molecule has 7 rings (SSSR count). The largest absolute Gasteiger partial charge is 0.487 e. The van der Waals surface area contributed by atoms with Crippen molar-refractivity contribution < 1.29 is 9.53 Å². The molecule has 0 radical (unpaired) electrons. The van der Waals surface area contributed by atoms with Gasteiger partial charge in [0.05, 0.1) is 17.4 Å². The zero-order valence-electron chi connectivity index (χ0n) is 24.3. The van der Waals surface area contributed by atoms with Crippen LogP contribution in [0.15, 0.2) is 79.7 Å². The Morgan fingerprint density at radius 2 is 2.00 bits per heavy atom. The summed E-state index contributed by atoms with van der Waals surface area (Å²) >= 11 is 0. The molecule has 7 nitrogen and oxygen atoms in total. The number of aromatic nitrogens is 3. The number of anilines is 1. The number of aromatic amines is 1. The number of carbonyl (C=O) groups excluding carboxylic acids is 1. The topological polar surface area (TPSA) is 74.3 Å². The van der Waals surface area contributed by atoms with Crippen LogP contribution in [0.3, 0.4) is 0 Å². The Morgan fingerprint density at radius 1 is 1.17 bits per heavy atom. The highest BCUT2D eigenvalue weighted by molar-refractivity contribution is 5.98. The molecule has 42 heavy (non-hydrogen) atoms. The third-order valence-electron chi connectivity index (χ3n) is 9.57. The van der Waals surface area contributed by atoms with Crippen molar-refractivity contribution in [2.45, 2.75) is 39.2 Å². The van der Waals surface area contributed by atoms with Crippen LogP contribution in [0, 0.1) is 18.3 Å². The Balaban J connectivity index is 1.31. The van der Waals surface area contributed by atoms with E-state index in [9.17, 15) is 4.79 Å². The van der Waals surface area contributed by atoms with Crippen LogP contribution in [0.2, 0.25) is 0 Å². The van der Waals surface area contributed by atoms with Crippen molar-refractivity contribution in [1.29, 1.82) is 0 Å². The summed E-state index contributed by atoms with van der Waals surface area (Å²) in [5, 5.41) is 8.69. The summed E-state index contributed by atoms with van der Waals surface area (Å²) in [4.78, 5) is 21.1. The summed E-state index contributed by atoms with van der Waals surface area (Å²) in [5.74, 6) is 1.66. The molecule has 4 aromatic rings. The standard InChI is InChI=1S/C35H37N5O2/c1-4-32(41)40-21-35(22-40)12-15-39(16-13-35)31-18-26(42-20-25-7-5-6-14-36-25)17-28(34(31)27-10-8-23(27)2)33-24(3)9-11-30-29(33)19-37-38-30/h4-11,14,17-19,23,27H,1,12-13,15-16,20-22H2,2-3H3,(H,37,38). The highest BCUT2D eigenvalue weighted by Gasteiger charge is 2.46. The Labute approximate surface area is 246 Å². The number of likely N-dealkylation sites (tertiary alicyclic amines) is 1. The van der Waals surface area contributed by atoms with Crippen molar-refractivity contribution >= 4 is 22.5 Å². The summed E-state index contributed by atoms with van der Waals surface area (Å²) < 4.78 is 6.47. The van der Waals surface area contributed by atoms with Crippen molar-refractivity contribution in [1.82, 2.24) is 20.1 Å². The van der Waals surface area contributed by atoms with E-state index < -0.39 is 0 Å². The van der Waals surface area contributed by atoms with Gasteiger partial charge >= 0.3 is 0 Å². The van der Waals surface area contributed by atoms with E-state index in [-0.39, 0.29) is 11.3 Å². The number of fused-ring (bicyclic) bond motifs is 1. The van der Waals surface area contributed by atoms with Gasteiger partial charge in [0.15, 0.2) is 0 Å². The second kappa shape index (κ2) is 10.5. The highest BCUT2D eigenvalue weighted by atomic mass is 16.5. The third kappa shape index (κ3) is 4.57. The number of ether oxygens (including phenoxy) is 1. The van der Waals surface area contributed by atoms with Gasteiger partial charge in [-0.15, -0.1) is 0 Å². The number of carbonyl (C=O) groups is 1. The molecular weight excluding hydrogens is 522 g/mol. The van der Waals surface area contributed by atoms with Gasteiger partial charge in [-0.05, 0) is 78.3 Å². The maximum atomic E-state index is 12.1. The highest BCUT2D eigenvalue weighted by Crippen LogP contribution is 2.50. The summed E-state index contributed by atoms with van der Waals surface area (Å²) in [5.41, 5.74) is 8.39. The van der Waals surface area contributed by atoms with Gasteiger partial charge in [0.1, 0.15) is 12.4 Å². The molecule has 214 valence electrons. The normalized spacial score (nSPS) is 20.8. The van der Waals surface area contributed by atoms with Gasteiger partial charge in [-0.1, -0.05) is 37.8 Å². The molecule has 1 spiro atoms. The molecule has 1 amide bonds. The number of H-pyrrole nitrogens is 1. The summed E-state index contributed by atoms with van der Waals surface area (Å²) in [6, 6.07) is 14.7. The van der Waals surface area contributed by atoms with Crippen LogP contribution in [0.1, 0.15) is 42.5 Å². The van der Waals surface area contributed by atoms with Crippen molar-refractivity contribution in [3.05, 3.63) is 96.5 Å². The Hall–Kier alpha value is -4.39. The number of nitrogens with one attached hydrogen (secondary N) is 1. The molecule has 2 atom stereocenters. The number of hydrogen-bond donors (Lipinski definition) is 1. The lowest BCUT2D eigenvalue weighted by Crippen LogP contribution is -2.61. The lowest BCUT2D eigenvalue weighted by Gasteiger charge is -2.54. The Bertz CT molecular complexity index is 1670. The fourth-order valence-electron chi connectivity index (χ4n) is 7.03. The van der Waals surface area contributed by atoms with E-state index in [1.165, 1.54) is 34.0 Å². The Morgan fingerprint density at radius 3 is 2.69 bits per heavy atom. The van der Waals surface area contributed by atoms with Gasteiger partial charge in [-0.3, -0.25) is 14.9 Å². The minimum atomic E-state index is 0.0438. The first-order valence-electron chi connectivity index (χ1n) is 14.9. The second-order valence-corrected chi connectivity index (χ2v) is 12.3. The maximum absolute atomic E-state index is 12.1. The quantitative estimate of drug-likeness (QED) is 0.209. The van der Waals surface area contributed by atoms with Gasteiger partial charge in [0.2, 0.25) is 5.91 Å². The zero-order valence-corrected chi connectivity index (χ0v) is 24.3. The minimum absolute atomic E-state index is 0.0438. The fraction of sp³-hybridized carbons (Fsp3) is 0.343. The summed E-state index contributed by atoms with van der Waals surface area (Å²) in [7, 11) is 0. The molecule has 2 saturated heterocycles. The number of benzene rings is 2. The van der Waals surface area contributed by atoms with Crippen LogP contribution in [-0.4, -0.2) is 52.2 Å². The van der Waals surface area contributed by atoms with Crippen LogP contribution in [-0.2, 0) is 11.4 Å². The number of nitrogens with zero attached hydrogens (tertiary/aromatic N) is 4. The van der Waals surface area contributed by atoms with Gasteiger partial charge in [0, 0.05) is 60.8 Å². The maximum Gasteiger partial charge on any atom is 0.245 e. The molecular formula is C35H37N5O2. The van der Waals surface area contributed by atoms with Gasteiger partial charge < -0.3 is 14.5 Å². The lowest BCUT2D eigenvalue weighted by molar-refractivity contribution is -0.139. The molecule has 0 saturated carbocycles. The number of aryl methyl sites for hydroxylation is 1. The number of piperidine rings is 1. The molecule has 2 fully saturated rings. The van der Waals surface area contributed by atoms with Crippen LogP contribution >= 0.6 is 0 Å².